The summed E-state index contributed by atoms with van der Waals surface area (Å²) < 4.78 is 12.7. The van der Waals surface area contributed by atoms with Gasteiger partial charge < -0.3 is 13.7 Å². The number of nitrogens with zero attached hydrogens (tertiary/aromatic N) is 1. The van der Waals surface area contributed by atoms with Crippen molar-refractivity contribution in [3.05, 3.63) is 69.3 Å². The molecule has 0 amide bonds. The molecule has 6 nitrogen and oxygen atoms in total. The fourth-order valence-corrected chi connectivity index (χ4v) is 3.44. The Kier molecular flexibility index (Phi) is 4.18. The molecule has 1 fully saturated rings. The van der Waals surface area contributed by atoms with Crippen LogP contribution in [0.25, 0.3) is 11.0 Å². The lowest BCUT2D eigenvalue weighted by Gasteiger charge is -2.08. The molecule has 0 spiro atoms. The molecule has 1 aromatic carbocycles. The van der Waals surface area contributed by atoms with Crippen molar-refractivity contribution in [2.45, 2.75) is 32.7 Å². The van der Waals surface area contributed by atoms with E-state index in [1.165, 1.54) is 0 Å². The molecule has 3 aromatic rings. The SMILES string of the molecule is Cc1cc(C(=O)COC(=O)c2cc(=O)c3ccccc3o2)c(C)n1C1CC1. The maximum atomic E-state index is 12.5. The van der Waals surface area contributed by atoms with Gasteiger partial charge in [0.05, 0.1) is 5.39 Å². The number of ketones is 1. The number of ether oxygens (including phenoxy) is 1. The molecule has 1 aliphatic carbocycles. The molecule has 138 valence electrons. The highest BCUT2D eigenvalue weighted by atomic mass is 16.5. The van der Waals surface area contributed by atoms with E-state index in [0.29, 0.717) is 22.6 Å². The average molecular weight is 365 g/mol. The largest absolute Gasteiger partial charge is 0.451 e. The molecule has 1 aliphatic rings. The quantitative estimate of drug-likeness (QED) is 0.510. The number of para-hydroxylation sites is 1. The summed E-state index contributed by atoms with van der Waals surface area (Å²) in [4.78, 5) is 36.8. The summed E-state index contributed by atoms with van der Waals surface area (Å²) >= 11 is 0. The predicted octanol–water partition coefficient (Wildman–Crippen LogP) is 3.59. The third-order valence-electron chi connectivity index (χ3n) is 4.87. The first-order valence-electron chi connectivity index (χ1n) is 8.87. The van der Waals surface area contributed by atoms with Crippen LogP contribution in [0.3, 0.4) is 0 Å². The Bertz CT molecular complexity index is 1120. The normalized spacial score (nSPS) is 13.7. The summed E-state index contributed by atoms with van der Waals surface area (Å²) in [5.41, 5.74) is 2.46. The monoisotopic (exact) mass is 365 g/mol. The Morgan fingerprint density at radius 2 is 1.93 bits per heavy atom. The molecule has 0 atom stereocenters. The molecule has 0 bridgehead atoms. The molecular weight excluding hydrogens is 346 g/mol. The first-order valence-corrected chi connectivity index (χ1v) is 8.87. The summed E-state index contributed by atoms with van der Waals surface area (Å²) in [6.07, 6.45) is 2.25. The number of aryl methyl sites for hydroxylation is 1. The van der Waals surface area contributed by atoms with Gasteiger partial charge in [0.1, 0.15) is 5.58 Å². The van der Waals surface area contributed by atoms with E-state index < -0.39 is 12.6 Å². The smallest absolute Gasteiger partial charge is 0.374 e. The van der Waals surface area contributed by atoms with E-state index in [9.17, 15) is 14.4 Å². The van der Waals surface area contributed by atoms with Crippen molar-refractivity contribution in [2.75, 3.05) is 6.61 Å². The second-order valence-corrected chi connectivity index (χ2v) is 6.86. The van der Waals surface area contributed by atoms with Crippen LogP contribution >= 0.6 is 0 Å². The summed E-state index contributed by atoms with van der Waals surface area (Å²) in [5.74, 6) is -1.32. The van der Waals surface area contributed by atoms with Crippen molar-refractivity contribution in [1.82, 2.24) is 4.57 Å². The minimum absolute atomic E-state index is 0.213. The van der Waals surface area contributed by atoms with Gasteiger partial charge in [0.25, 0.3) is 0 Å². The molecule has 6 heteroatoms. The Balaban J connectivity index is 1.50. The van der Waals surface area contributed by atoms with Gasteiger partial charge >= 0.3 is 5.97 Å². The molecule has 0 unspecified atom stereocenters. The van der Waals surface area contributed by atoms with Gasteiger partial charge in [-0.3, -0.25) is 9.59 Å². The summed E-state index contributed by atoms with van der Waals surface area (Å²) in [7, 11) is 0. The van der Waals surface area contributed by atoms with Crippen molar-refractivity contribution in [3.63, 3.8) is 0 Å². The highest BCUT2D eigenvalue weighted by molar-refractivity contribution is 6.00. The fourth-order valence-electron chi connectivity index (χ4n) is 3.44. The van der Waals surface area contributed by atoms with E-state index in [1.807, 2.05) is 19.9 Å². The van der Waals surface area contributed by atoms with Gasteiger partial charge in [0.15, 0.2) is 12.0 Å². The van der Waals surface area contributed by atoms with E-state index in [-0.39, 0.29) is 17.0 Å². The number of Topliss-reactive ketones (excluding diaryl/α,β-unsaturated/α-hetero) is 1. The van der Waals surface area contributed by atoms with E-state index in [4.69, 9.17) is 9.15 Å². The first kappa shape index (κ1) is 17.3. The van der Waals surface area contributed by atoms with Crippen molar-refractivity contribution < 1.29 is 18.7 Å². The maximum Gasteiger partial charge on any atom is 0.374 e. The number of aromatic nitrogens is 1. The third-order valence-corrected chi connectivity index (χ3v) is 4.87. The van der Waals surface area contributed by atoms with E-state index in [0.717, 1.165) is 30.3 Å². The topological polar surface area (TPSA) is 78.5 Å². The van der Waals surface area contributed by atoms with Gasteiger partial charge in [0.2, 0.25) is 11.5 Å². The lowest BCUT2D eigenvalue weighted by atomic mass is 10.1. The predicted molar refractivity (Wildman–Crippen MR) is 99.3 cm³/mol. The molecule has 4 rings (SSSR count). The molecule has 2 aromatic heterocycles. The number of benzene rings is 1. The van der Waals surface area contributed by atoms with E-state index >= 15 is 0 Å². The zero-order chi connectivity index (χ0) is 19.1. The van der Waals surface area contributed by atoms with Crippen LogP contribution in [-0.2, 0) is 4.74 Å². The Morgan fingerprint density at radius 3 is 2.67 bits per heavy atom. The standard InChI is InChI=1S/C21H19NO5/c1-12-9-16(13(2)22(12)14-7-8-14)18(24)11-26-21(25)20-10-17(23)15-5-3-4-6-19(15)27-20/h3-6,9-10,14H,7-8,11H2,1-2H3. The number of carbonyl (C=O) groups is 2. The second-order valence-electron chi connectivity index (χ2n) is 6.86. The lowest BCUT2D eigenvalue weighted by Crippen LogP contribution is -2.16. The number of fused-ring (bicyclic) bond motifs is 1. The minimum Gasteiger partial charge on any atom is -0.451 e. The zero-order valence-electron chi connectivity index (χ0n) is 15.2. The molecule has 2 heterocycles. The number of esters is 1. The minimum atomic E-state index is -0.831. The van der Waals surface area contributed by atoms with Gasteiger partial charge in [-0.25, -0.2) is 4.79 Å². The third kappa shape index (κ3) is 3.18. The summed E-state index contributed by atoms with van der Waals surface area (Å²) in [6.45, 7) is 3.48. The first-order chi connectivity index (χ1) is 13.0. The number of carbonyl (C=O) groups excluding carboxylic acids is 2. The van der Waals surface area contributed by atoms with Crippen LogP contribution in [0.2, 0.25) is 0 Å². The molecule has 0 radical (unpaired) electrons. The van der Waals surface area contributed by atoms with Crippen LogP contribution in [0.4, 0.5) is 0 Å². The number of hydrogen-bond acceptors (Lipinski definition) is 5. The molecule has 0 N–H and O–H groups in total. The van der Waals surface area contributed by atoms with E-state index in [2.05, 4.69) is 4.57 Å². The average Bonchev–Trinajstić information content (AvgIpc) is 3.44. The Hall–Kier alpha value is -3.15. The molecule has 0 aliphatic heterocycles. The zero-order valence-corrected chi connectivity index (χ0v) is 15.2. The molecule has 1 saturated carbocycles. The highest BCUT2D eigenvalue weighted by Gasteiger charge is 2.28. The van der Waals surface area contributed by atoms with Crippen LogP contribution in [-0.4, -0.2) is 22.9 Å². The van der Waals surface area contributed by atoms with Gasteiger partial charge in [0, 0.05) is 29.1 Å². The number of rotatable bonds is 5. The molecule has 0 saturated heterocycles. The van der Waals surface area contributed by atoms with Gasteiger partial charge in [-0.2, -0.15) is 0 Å². The van der Waals surface area contributed by atoms with Crippen molar-refractivity contribution in [3.8, 4) is 0 Å². The van der Waals surface area contributed by atoms with E-state index in [1.54, 1.807) is 24.3 Å². The highest BCUT2D eigenvalue weighted by Crippen LogP contribution is 2.38. The van der Waals surface area contributed by atoms with Crippen LogP contribution in [0.1, 0.15) is 51.2 Å². The van der Waals surface area contributed by atoms with Crippen LogP contribution in [0, 0.1) is 13.8 Å². The summed E-state index contributed by atoms with van der Waals surface area (Å²) in [6, 6.07) is 10.0. The van der Waals surface area contributed by atoms with Crippen molar-refractivity contribution in [2.24, 2.45) is 0 Å². The van der Waals surface area contributed by atoms with Gasteiger partial charge in [-0.05, 0) is 44.9 Å². The van der Waals surface area contributed by atoms with Crippen LogP contribution < -0.4 is 5.43 Å². The molecular formula is C21H19NO5. The van der Waals surface area contributed by atoms with Gasteiger partial charge in [-0.1, -0.05) is 12.1 Å². The summed E-state index contributed by atoms with van der Waals surface area (Å²) in [5, 5.41) is 0.387. The Labute approximate surface area is 155 Å². The fraction of sp³-hybridized carbons (Fsp3) is 0.286. The lowest BCUT2D eigenvalue weighted by molar-refractivity contribution is 0.0444. The Morgan fingerprint density at radius 1 is 1.19 bits per heavy atom. The van der Waals surface area contributed by atoms with Gasteiger partial charge in [-0.15, -0.1) is 0 Å². The second kappa shape index (κ2) is 6.54. The maximum absolute atomic E-state index is 12.5. The van der Waals surface area contributed by atoms with Crippen LogP contribution in [0.15, 0.2) is 45.6 Å². The van der Waals surface area contributed by atoms with Crippen LogP contribution in [0.5, 0.6) is 0 Å². The van der Waals surface area contributed by atoms with Crippen molar-refractivity contribution >= 4 is 22.7 Å². The number of hydrogen-bond donors (Lipinski definition) is 0. The molecule has 27 heavy (non-hydrogen) atoms. The van der Waals surface area contributed by atoms with Crippen molar-refractivity contribution in [1.29, 1.82) is 0 Å².